The minimum Gasteiger partial charge on any atom is -0.507 e. The van der Waals surface area contributed by atoms with Gasteiger partial charge in [-0.3, -0.25) is 19.7 Å². The molecule has 0 spiro atoms. The third-order valence-electron chi connectivity index (χ3n) is 5.50. The van der Waals surface area contributed by atoms with Crippen molar-refractivity contribution >= 4 is 23.1 Å². The van der Waals surface area contributed by atoms with Gasteiger partial charge in [-0.1, -0.05) is 72.8 Å². The number of nitro benzene ring substituents is 1. The van der Waals surface area contributed by atoms with Crippen molar-refractivity contribution in [2.24, 2.45) is 0 Å². The van der Waals surface area contributed by atoms with Crippen molar-refractivity contribution in [2.75, 3.05) is 6.54 Å². The van der Waals surface area contributed by atoms with E-state index in [1.54, 1.807) is 36.4 Å². The first-order valence-corrected chi connectivity index (χ1v) is 10.1. The van der Waals surface area contributed by atoms with Crippen molar-refractivity contribution in [1.82, 2.24) is 4.90 Å². The van der Waals surface area contributed by atoms with Crippen LogP contribution >= 0.6 is 0 Å². The number of amides is 1. The molecule has 1 amide bonds. The van der Waals surface area contributed by atoms with Crippen LogP contribution in [0.25, 0.3) is 5.76 Å². The van der Waals surface area contributed by atoms with Gasteiger partial charge >= 0.3 is 0 Å². The Balaban J connectivity index is 1.85. The summed E-state index contributed by atoms with van der Waals surface area (Å²) in [7, 11) is 0. The van der Waals surface area contributed by atoms with E-state index in [0.29, 0.717) is 12.0 Å². The summed E-state index contributed by atoms with van der Waals surface area (Å²) in [5.74, 6) is -2.00. The molecule has 0 unspecified atom stereocenters. The zero-order valence-corrected chi connectivity index (χ0v) is 17.0. The minimum absolute atomic E-state index is 0.149. The molecule has 0 radical (unpaired) electrons. The highest BCUT2D eigenvalue weighted by atomic mass is 16.6. The van der Waals surface area contributed by atoms with E-state index < -0.39 is 22.7 Å². The summed E-state index contributed by atoms with van der Waals surface area (Å²) in [5.41, 5.74) is 1.13. The van der Waals surface area contributed by atoms with Crippen LogP contribution in [0.4, 0.5) is 5.69 Å². The SMILES string of the molecule is O=C1C(=O)N(CCc2ccccc2)[C@H](c2ccccc2[N+](=O)[O-])/C1=C(/O)c1ccccc1. The van der Waals surface area contributed by atoms with Crippen LogP contribution in [0, 0.1) is 10.1 Å². The van der Waals surface area contributed by atoms with Gasteiger partial charge in [0.2, 0.25) is 0 Å². The molecular formula is C25H20N2O5. The summed E-state index contributed by atoms with van der Waals surface area (Å²) in [6, 6.07) is 22.7. The quantitative estimate of drug-likeness (QED) is 0.208. The average molecular weight is 428 g/mol. The first-order chi connectivity index (χ1) is 15.5. The zero-order chi connectivity index (χ0) is 22.7. The number of carbonyl (C=O) groups excluding carboxylic acids is 2. The van der Waals surface area contributed by atoms with E-state index in [-0.39, 0.29) is 29.1 Å². The van der Waals surface area contributed by atoms with E-state index in [1.807, 2.05) is 30.3 Å². The van der Waals surface area contributed by atoms with Crippen LogP contribution in [0.5, 0.6) is 0 Å². The van der Waals surface area contributed by atoms with Gasteiger partial charge in [0.1, 0.15) is 5.76 Å². The molecule has 1 N–H and O–H groups in total. The Hall–Kier alpha value is -4.26. The average Bonchev–Trinajstić information content (AvgIpc) is 3.08. The topological polar surface area (TPSA) is 101 Å². The van der Waals surface area contributed by atoms with Gasteiger partial charge in [-0.05, 0) is 18.1 Å². The Morgan fingerprint density at radius 3 is 2.16 bits per heavy atom. The fourth-order valence-corrected chi connectivity index (χ4v) is 3.96. The summed E-state index contributed by atoms with van der Waals surface area (Å²) in [5, 5.41) is 22.7. The molecule has 7 heteroatoms. The van der Waals surface area contributed by atoms with Crippen molar-refractivity contribution in [3.63, 3.8) is 0 Å². The third-order valence-corrected chi connectivity index (χ3v) is 5.50. The van der Waals surface area contributed by atoms with Gasteiger partial charge in [0.05, 0.1) is 22.1 Å². The highest BCUT2D eigenvalue weighted by molar-refractivity contribution is 6.46. The molecule has 1 fully saturated rings. The predicted octanol–water partition coefficient (Wildman–Crippen LogP) is 4.26. The van der Waals surface area contributed by atoms with Crippen molar-refractivity contribution in [3.8, 4) is 0 Å². The van der Waals surface area contributed by atoms with Gasteiger partial charge in [-0.25, -0.2) is 0 Å². The van der Waals surface area contributed by atoms with E-state index >= 15 is 0 Å². The number of Topliss-reactive ketones (excluding diaryl/α,β-unsaturated/α-hetero) is 1. The maximum absolute atomic E-state index is 13.0. The van der Waals surface area contributed by atoms with Crippen LogP contribution in [0.3, 0.4) is 0 Å². The molecule has 1 aliphatic rings. The number of carbonyl (C=O) groups is 2. The monoisotopic (exact) mass is 428 g/mol. The molecule has 1 aliphatic heterocycles. The summed E-state index contributed by atoms with van der Waals surface area (Å²) in [6.45, 7) is 0.164. The van der Waals surface area contributed by atoms with E-state index in [4.69, 9.17) is 0 Å². The third kappa shape index (κ3) is 3.88. The van der Waals surface area contributed by atoms with Gasteiger partial charge in [0.25, 0.3) is 17.4 Å². The summed E-state index contributed by atoms with van der Waals surface area (Å²) in [4.78, 5) is 38.5. The first kappa shape index (κ1) is 21.0. The van der Waals surface area contributed by atoms with Gasteiger partial charge in [-0.2, -0.15) is 0 Å². The van der Waals surface area contributed by atoms with Crippen LogP contribution in [-0.4, -0.2) is 33.2 Å². The highest BCUT2D eigenvalue weighted by Crippen LogP contribution is 2.42. The van der Waals surface area contributed by atoms with Crippen molar-refractivity contribution in [1.29, 1.82) is 0 Å². The Morgan fingerprint density at radius 2 is 1.50 bits per heavy atom. The van der Waals surface area contributed by atoms with E-state index in [0.717, 1.165) is 5.56 Å². The molecule has 3 aromatic carbocycles. The van der Waals surface area contributed by atoms with E-state index in [2.05, 4.69) is 0 Å². The summed E-state index contributed by atoms with van der Waals surface area (Å²) < 4.78 is 0. The van der Waals surface area contributed by atoms with Crippen LogP contribution in [0.1, 0.15) is 22.7 Å². The second-order valence-corrected chi connectivity index (χ2v) is 7.41. The number of nitrogens with zero attached hydrogens (tertiary/aromatic N) is 2. The fraction of sp³-hybridized carbons (Fsp3) is 0.120. The number of rotatable bonds is 6. The molecule has 0 aromatic heterocycles. The fourth-order valence-electron chi connectivity index (χ4n) is 3.96. The zero-order valence-electron chi connectivity index (χ0n) is 17.0. The Bertz CT molecular complexity index is 1210. The largest absolute Gasteiger partial charge is 0.507 e. The number of ketones is 1. The van der Waals surface area contributed by atoms with Gasteiger partial charge < -0.3 is 10.0 Å². The van der Waals surface area contributed by atoms with E-state index in [9.17, 15) is 24.8 Å². The number of para-hydroxylation sites is 1. The number of hydrogen-bond acceptors (Lipinski definition) is 5. The normalized spacial score (nSPS) is 17.5. The number of nitro groups is 1. The molecule has 7 nitrogen and oxygen atoms in total. The number of aliphatic hydroxyl groups excluding tert-OH is 1. The standard InChI is InChI=1S/C25H20N2O5/c28-23(18-11-5-2-6-12-18)21-22(19-13-7-8-14-20(19)27(31)32)26(25(30)24(21)29)16-15-17-9-3-1-4-10-17/h1-14,22,28H,15-16H2/b23-21-/t22-/m1/s1. The summed E-state index contributed by atoms with van der Waals surface area (Å²) >= 11 is 0. The smallest absolute Gasteiger partial charge is 0.295 e. The molecule has 32 heavy (non-hydrogen) atoms. The molecule has 1 saturated heterocycles. The molecule has 4 rings (SSSR count). The van der Waals surface area contributed by atoms with E-state index in [1.165, 1.54) is 23.1 Å². The van der Waals surface area contributed by atoms with Gasteiger partial charge in [0, 0.05) is 18.2 Å². The van der Waals surface area contributed by atoms with Crippen molar-refractivity contribution in [2.45, 2.75) is 12.5 Å². The van der Waals surface area contributed by atoms with Gasteiger partial charge in [-0.15, -0.1) is 0 Å². The maximum atomic E-state index is 13.0. The molecule has 1 heterocycles. The molecule has 0 saturated carbocycles. The van der Waals surface area contributed by atoms with Crippen molar-refractivity contribution < 1.29 is 19.6 Å². The molecule has 0 aliphatic carbocycles. The first-order valence-electron chi connectivity index (χ1n) is 10.1. The van der Waals surface area contributed by atoms with Crippen LogP contribution in [0.15, 0.2) is 90.5 Å². The predicted molar refractivity (Wildman–Crippen MR) is 119 cm³/mol. The molecule has 0 bridgehead atoms. The number of aliphatic hydroxyl groups is 1. The lowest BCUT2D eigenvalue weighted by molar-refractivity contribution is -0.385. The second kappa shape index (κ2) is 8.85. The molecular weight excluding hydrogens is 408 g/mol. The minimum atomic E-state index is -1.07. The Kier molecular flexibility index (Phi) is 5.81. The van der Waals surface area contributed by atoms with Gasteiger partial charge in [0.15, 0.2) is 0 Å². The lowest BCUT2D eigenvalue weighted by atomic mass is 9.94. The number of likely N-dealkylation sites (tertiary alicyclic amines) is 1. The highest BCUT2D eigenvalue weighted by Gasteiger charge is 2.47. The molecule has 160 valence electrons. The van der Waals surface area contributed by atoms with Crippen LogP contribution < -0.4 is 0 Å². The lowest BCUT2D eigenvalue weighted by Crippen LogP contribution is -2.32. The maximum Gasteiger partial charge on any atom is 0.295 e. The Labute approximate surface area is 184 Å². The summed E-state index contributed by atoms with van der Waals surface area (Å²) in [6.07, 6.45) is 0.455. The lowest BCUT2D eigenvalue weighted by Gasteiger charge is -2.25. The number of benzene rings is 3. The van der Waals surface area contributed by atoms with Crippen LogP contribution in [0.2, 0.25) is 0 Å². The van der Waals surface area contributed by atoms with Crippen molar-refractivity contribution in [3.05, 3.63) is 117 Å². The molecule has 3 aromatic rings. The Morgan fingerprint density at radius 1 is 0.906 bits per heavy atom. The number of hydrogen-bond donors (Lipinski definition) is 1. The van der Waals surface area contributed by atoms with Crippen LogP contribution in [-0.2, 0) is 16.0 Å². The molecule has 1 atom stereocenters. The second-order valence-electron chi connectivity index (χ2n) is 7.41.